The molecule has 22 heavy (non-hydrogen) atoms. The zero-order chi connectivity index (χ0) is 15.5. The first-order valence-electron chi connectivity index (χ1n) is 7.30. The van der Waals surface area contributed by atoms with Crippen molar-refractivity contribution < 1.29 is 14.3 Å². The number of esters is 1. The number of amides is 1. The Morgan fingerprint density at radius 3 is 2.59 bits per heavy atom. The monoisotopic (exact) mass is 315 g/mol. The van der Waals surface area contributed by atoms with E-state index in [1.54, 1.807) is 12.1 Å². The molecule has 1 aliphatic carbocycles. The van der Waals surface area contributed by atoms with Crippen molar-refractivity contribution in [3.63, 3.8) is 0 Å². The summed E-state index contributed by atoms with van der Waals surface area (Å²) >= 11 is 1.50. The Morgan fingerprint density at radius 1 is 1.14 bits per heavy atom. The van der Waals surface area contributed by atoms with Crippen LogP contribution in [0.5, 0.6) is 0 Å². The highest BCUT2D eigenvalue weighted by molar-refractivity contribution is 7.17. The fourth-order valence-electron chi connectivity index (χ4n) is 2.74. The van der Waals surface area contributed by atoms with E-state index in [2.05, 4.69) is 5.32 Å². The minimum Gasteiger partial charge on any atom is -0.465 e. The summed E-state index contributed by atoms with van der Waals surface area (Å²) < 4.78 is 4.91. The average Bonchev–Trinajstić information content (AvgIpc) is 2.92. The van der Waals surface area contributed by atoms with Gasteiger partial charge in [-0.3, -0.25) is 4.79 Å². The van der Waals surface area contributed by atoms with Crippen LogP contribution in [0.3, 0.4) is 0 Å². The molecule has 0 fully saturated rings. The molecule has 1 aromatic heterocycles. The fraction of sp³-hybridized carbons (Fsp3) is 0.294. The molecule has 5 heteroatoms. The second kappa shape index (κ2) is 6.32. The summed E-state index contributed by atoms with van der Waals surface area (Å²) in [5.41, 5.74) is 2.16. The van der Waals surface area contributed by atoms with Gasteiger partial charge in [0.1, 0.15) is 5.00 Å². The molecule has 1 aliphatic rings. The van der Waals surface area contributed by atoms with E-state index in [9.17, 15) is 9.59 Å². The summed E-state index contributed by atoms with van der Waals surface area (Å²) in [4.78, 5) is 25.6. The first-order chi connectivity index (χ1) is 10.7. The topological polar surface area (TPSA) is 55.4 Å². The maximum absolute atomic E-state index is 12.3. The van der Waals surface area contributed by atoms with Gasteiger partial charge in [0.15, 0.2) is 0 Å². The van der Waals surface area contributed by atoms with Gasteiger partial charge in [0.05, 0.1) is 12.7 Å². The summed E-state index contributed by atoms with van der Waals surface area (Å²) in [5.74, 6) is -0.577. The number of methoxy groups -OCH3 is 1. The van der Waals surface area contributed by atoms with E-state index >= 15 is 0 Å². The number of aryl methyl sites for hydroxylation is 1. The Kier molecular flexibility index (Phi) is 4.24. The number of fused-ring (bicyclic) bond motifs is 1. The lowest BCUT2D eigenvalue weighted by Crippen LogP contribution is -2.15. The van der Waals surface area contributed by atoms with Crippen molar-refractivity contribution in [2.75, 3.05) is 12.4 Å². The molecule has 1 heterocycles. The zero-order valence-electron chi connectivity index (χ0n) is 12.3. The van der Waals surface area contributed by atoms with E-state index in [0.717, 1.165) is 31.2 Å². The van der Waals surface area contributed by atoms with Crippen molar-refractivity contribution in [2.24, 2.45) is 0 Å². The number of carbonyl (C=O) groups is 2. The van der Waals surface area contributed by atoms with E-state index in [-0.39, 0.29) is 11.9 Å². The lowest BCUT2D eigenvalue weighted by atomic mass is 9.95. The van der Waals surface area contributed by atoms with Crippen molar-refractivity contribution in [3.8, 4) is 0 Å². The van der Waals surface area contributed by atoms with E-state index in [1.165, 1.54) is 23.3 Å². The molecule has 0 atom stereocenters. The SMILES string of the molecule is COC(=O)c1c(NC(=O)c2ccccc2)sc2c1CCCC2. The summed E-state index contributed by atoms with van der Waals surface area (Å²) in [5, 5.41) is 3.48. The number of benzene rings is 1. The van der Waals surface area contributed by atoms with Gasteiger partial charge >= 0.3 is 5.97 Å². The highest BCUT2D eigenvalue weighted by Crippen LogP contribution is 2.38. The largest absolute Gasteiger partial charge is 0.465 e. The van der Waals surface area contributed by atoms with Gasteiger partial charge in [-0.1, -0.05) is 18.2 Å². The number of nitrogens with one attached hydrogen (secondary N) is 1. The number of rotatable bonds is 3. The second-order valence-corrected chi connectivity index (χ2v) is 6.33. The molecule has 1 aromatic carbocycles. The summed E-state index contributed by atoms with van der Waals surface area (Å²) in [6, 6.07) is 8.99. The van der Waals surface area contributed by atoms with Crippen molar-refractivity contribution >= 4 is 28.2 Å². The summed E-state index contributed by atoms with van der Waals surface area (Å²) in [7, 11) is 1.37. The van der Waals surface area contributed by atoms with Gasteiger partial charge in [-0.2, -0.15) is 0 Å². The van der Waals surface area contributed by atoms with Gasteiger partial charge in [-0.15, -0.1) is 11.3 Å². The molecule has 1 N–H and O–H groups in total. The van der Waals surface area contributed by atoms with Crippen LogP contribution in [-0.4, -0.2) is 19.0 Å². The van der Waals surface area contributed by atoms with Crippen molar-refractivity contribution in [1.29, 1.82) is 0 Å². The van der Waals surface area contributed by atoms with E-state index in [0.29, 0.717) is 16.1 Å². The second-order valence-electron chi connectivity index (χ2n) is 5.23. The quantitative estimate of drug-likeness (QED) is 0.879. The molecule has 114 valence electrons. The normalized spacial score (nSPS) is 13.3. The Bertz CT molecular complexity index is 706. The van der Waals surface area contributed by atoms with E-state index < -0.39 is 0 Å². The minimum atomic E-state index is -0.372. The van der Waals surface area contributed by atoms with Crippen LogP contribution in [0.1, 0.15) is 44.0 Å². The third kappa shape index (κ3) is 2.76. The maximum atomic E-state index is 12.3. The molecule has 4 nitrogen and oxygen atoms in total. The molecule has 0 saturated carbocycles. The molecule has 3 rings (SSSR count). The van der Waals surface area contributed by atoms with Crippen molar-refractivity contribution in [1.82, 2.24) is 0 Å². The molecule has 0 radical (unpaired) electrons. The van der Waals surface area contributed by atoms with Crippen LogP contribution in [0.2, 0.25) is 0 Å². The number of hydrogen-bond donors (Lipinski definition) is 1. The molecule has 0 aliphatic heterocycles. The predicted molar refractivity (Wildman–Crippen MR) is 86.7 cm³/mol. The number of hydrogen-bond acceptors (Lipinski definition) is 4. The lowest BCUT2D eigenvalue weighted by molar-refractivity contribution is 0.0601. The molecule has 1 amide bonds. The number of thiophene rings is 1. The Morgan fingerprint density at radius 2 is 1.86 bits per heavy atom. The summed E-state index contributed by atoms with van der Waals surface area (Å²) in [6.07, 6.45) is 4.03. The van der Waals surface area contributed by atoms with Crippen LogP contribution < -0.4 is 5.32 Å². The van der Waals surface area contributed by atoms with E-state index in [1.807, 2.05) is 18.2 Å². The van der Waals surface area contributed by atoms with Crippen LogP contribution in [0.4, 0.5) is 5.00 Å². The van der Waals surface area contributed by atoms with E-state index in [4.69, 9.17) is 4.74 Å². The molecule has 0 unspecified atom stereocenters. The highest BCUT2D eigenvalue weighted by Gasteiger charge is 2.27. The molecule has 0 bridgehead atoms. The average molecular weight is 315 g/mol. The van der Waals surface area contributed by atoms with Crippen molar-refractivity contribution in [2.45, 2.75) is 25.7 Å². The minimum absolute atomic E-state index is 0.204. The van der Waals surface area contributed by atoms with Crippen LogP contribution in [0.25, 0.3) is 0 Å². The summed E-state index contributed by atoms with van der Waals surface area (Å²) in [6.45, 7) is 0. The van der Waals surface area contributed by atoms with Gasteiger partial charge in [0, 0.05) is 10.4 Å². The van der Waals surface area contributed by atoms with Gasteiger partial charge < -0.3 is 10.1 Å². The van der Waals surface area contributed by atoms with Crippen LogP contribution in [-0.2, 0) is 17.6 Å². The van der Waals surface area contributed by atoms with Gasteiger partial charge in [0.25, 0.3) is 5.91 Å². The molecule has 0 saturated heterocycles. The molecular weight excluding hydrogens is 298 g/mol. The van der Waals surface area contributed by atoms with Gasteiger partial charge in [-0.25, -0.2) is 4.79 Å². The van der Waals surface area contributed by atoms with Crippen molar-refractivity contribution in [3.05, 3.63) is 51.9 Å². The van der Waals surface area contributed by atoms with Gasteiger partial charge in [-0.05, 0) is 43.4 Å². The molecule has 2 aromatic rings. The highest BCUT2D eigenvalue weighted by atomic mass is 32.1. The Hall–Kier alpha value is -2.14. The maximum Gasteiger partial charge on any atom is 0.341 e. The molecular formula is C17H17NO3S. The fourth-order valence-corrected chi connectivity index (χ4v) is 4.01. The Balaban J connectivity index is 1.94. The van der Waals surface area contributed by atoms with Crippen LogP contribution >= 0.6 is 11.3 Å². The first-order valence-corrected chi connectivity index (χ1v) is 8.11. The lowest BCUT2D eigenvalue weighted by Gasteiger charge is -2.11. The van der Waals surface area contributed by atoms with Crippen LogP contribution in [0, 0.1) is 0 Å². The third-order valence-corrected chi connectivity index (χ3v) is 5.03. The Labute approximate surface area is 133 Å². The number of anilines is 1. The zero-order valence-corrected chi connectivity index (χ0v) is 13.2. The third-order valence-electron chi connectivity index (χ3n) is 3.82. The number of ether oxygens (including phenoxy) is 1. The van der Waals surface area contributed by atoms with Gasteiger partial charge in [0.2, 0.25) is 0 Å². The number of carbonyl (C=O) groups excluding carboxylic acids is 2. The first kappa shape index (κ1) is 14.8. The molecule has 0 spiro atoms. The standard InChI is InChI=1S/C17H17NO3S/c1-21-17(20)14-12-9-5-6-10-13(12)22-16(14)18-15(19)11-7-3-2-4-8-11/h2-4,7-8H,5-6,9-10H2,1H3,(H,18,19). The predicted octanol–water partition coefficient (Wildman–Crippen LogP) is 3.67. The van der Waals surface area contributed by atoms with Crippen LogP contribution in [0.15, 0.2) is 30.3 Å². The smallest absolute Gasteiger partial charge is 0.341 e.